The van der Waals surface area contributed by atoms with Crippen LogP contribution in [-0.4, -0.2) is 26.3 Å². The van der Waals surface area contributed by atoms with Gasteiger partial charge in [-0.15, -0.1) is 0 Å². The van der Waals surface area contributed by atoms with Gasteiger partial charge in [0.15, 0.2) is 0 Å². The van der Waals surface area contributed by atoms with Gasteiger partial charge in [-0.1, -0.05) is 34.6 Å². The van der Waals surface area contributed by atoms with Crippen molar-refractivity contribution in [1.29, 1.82) is 0 Å². The Bertz CT molecular complexity index is 586. The molecule has 0 spiro atoms. The quantitative estimate of drug-likeness (QED) is 0.887. The number of rotatable bonds is 6. The van der Waals surface area contributed by atoms with E-state index in [9.17, 15) is 0 Å². The first-order valence-electron chi connectivity index (χ1n) is 7.65. The van der Waals surface area contributed by atoms with Crippen molar-refractivity contribution in [1.82, 2.24) is 25.1 Å². The van der Waals surface area contributed by atoms with Gasteiger partial charge in [0.25, 0.3) is 0 Å². The third-order valence-electron chi connectivity index (χ3n) is 3.37. The topological polar surface area (TPSA) is 55.6 Å². The minimum atomic E-state index is 0.322. The Morgan fingerprint density at radius 2 is 1.95 bits per heavy atom. The highest BCUT2D eigenvalue weighted by Gasteiger charge is 2.13. The van der Waals surface area contributed by atoms with Gasteiger partial charge < -0.3 is 5.32 Å². The van der Waals surface area contributed by atoms with E-state index in [2.05, 4.69) is 56.1 Å². The monoisotopic (exact) mass is 287 g/mol. The summed E-state index contributed by atoms with van der Waals surface area (Å²) in [6.07, 6.45) is 3.87. The minimum Gasteiger partial charge on any atom is -0.311 e. The molecule has 2 aromatic heterocycles. The van der Waals surface area contributed by atoms with Crippen molar-refractivity contribution < 1.29 is 0 Å². The average Bonchev–Trinajstić information content (AvgIpc) is 2.94. The molecule has 5 heteroatoms. The van der Waals surface area contributed by atoms with Crippen LogP contribution < -0.4 is 5.32 Å². The molecule has 0 bridgehead atoms. The van der Waals surface area contributed by atoms with Gasteiger partial charge in [-0.2, -0.15) is 5.10 Å². The molecule has 0 aliphatic rings. The number of nitrogens with zero attached hydrogens (tertiary/aromatic N) is 4. The third-order valence-corrected chi connectivity index (χ3v) is 3.37. The van der Waals surface area contributed by atoms with Crippen LogP contribution in [0.4, 0.5) is 0 Å². The molecule has 0 atom stereocenters. The molecule has 2 aromatic rings. The second-order valence-electron chi connectivity index (χ2n) is 5.84. The van der Waals surface area contributed by atoms with E-state index < -0.39 is 0 Å². The Morgan fingerprint density at radius 1 is 1.19 bits per heavy atom. The Labute approximate surface area is 126 Å². The fourth-order valence-electron chi connectivity index (χ4n) is 2.05. The maximum absolute atomic E-state index is 4.71. The summed E-state index contributed by atoms with van der Waals surface area (Å²) in [7, 11) is 0. The number of hydrogen-bond acceptors (Lipinski definition) is 4. The van der Waals surface area contributed by atoms with Gasteiger partial charge in [0.1, 0.15) is 11.5 Å². The standard InChI is InChI=1S/C16H25N5/c1-6-17-9-14-15(10-18-16(19-14)12(4)5)21-8-7-13(20-21)11(2)3/h7-8,10-12,17H,6,9H2,1-5H3. The molecular weight excluding hydrogens is 262 g/mol. The molecule has 2 heterocycles. The first-order valence-corrected chi connectivity index (χ1v) is 7.65. The van der Waals surface area contributed by atoms with E-state index >= 15 is 0 Å². The molecule has 0 aliphatic heterocycles. The van der Waals surface area contributed by atoms with Crippen molar-refractivity contribution in [2.45, 2.75) is 53.0 Å². The molecule has 0 saturated heterocycles. The fourth-order valence-corrected chi connectivity index (χ4v) is 2.05. The van der Waals surface area contributed by atoms with Crippen molar-refractivity contribution in [2.24, 2.45) is 0 Å². The Kier molecular flexibility index (Phi) is 5.07. The van der Waals surface area contributed by atoms with Gasteiger partial charge in [0, 0.05) is 18.7 Å². The van der Waals surface area contributed by atoms with Crippen LogP contribution in [0, 0.1) is 0 Å². The normalized spacial score (nSPS) is 11.6. The van der Waals surface area contributed by atoms with Crippen molar-refractivity contribution in [3.05, 3.63) is 35.7 Å². The molecular formula is C16H25N5. The van der Waals surface area contributed by atoms with Crippen LogP contribution >= 0.6 is 0 Å². The van der Waals surface area contributed by atoms with E-state index in [1.807, 2.05) is 17.1 Å². The minimum absolute atomic E-state index is 0.322. The third kappa shape index (κ3) is 3.67. The van der Waals surface area contributed by atoms with Crippen LogP contribution in [0.1, 0.15) is 63.7 Å². The van der Waals surface area contributed by atoms with Crippen LogP contribution in [-0.2, 0) is 6.54 Å². The van der Waals surface area contributed by atoms with E-state index in [0.717, 1.165) is 36.0 Å². The second-order valence-corrected chi connectivity index (χ2v) is 5.84. The Hall–Kier alpha value is -1.75. The summed E-state index contributed by atoms with van der Waals surface area (Å²) in [6, 6.07) is 2.05. The molecule has 0 amide bonds. The fraction of sp³-hybridized carbons (Fsp3) is 0.562. The highest BCUT2D eigenvalue weighted by molar-refractivity contribution is 5.34. The molecule has 0 unspecified atom stereocenters. The predicted octanol–water partition coefficient (Wildman–Crippen LogP) is 3.02. The summed E-state index contributed by atoms with van der Waals surface area (Å²) >= 11 is 0. The Balaban J connectivity index is 2.40. The molecule has 5 nitrogen and oxygen atoms in total. The maximum atomic E-state index is 4.71. The van der Waals surface area contributed by atoms with E-state index in [4.69, 9.17) is 4.98 Å². The molecule has 0 fully saturated rings. The lowest BCUT2D eigenvalue weighted by Gasteiger charge is -2.12. The van der Waals surface area contributed by atoms with Gasteiger partial charge in [-0.05, 0) is 18.5 Å². The highest BCUT2D eigenvalue weighted by atomic mass is 15.3. The smallest absolute Gasteiger partial charge is 0.131 e. The van der Waals surface area contributed by atoms with Crippen LogP contribution in [0.25, 0.3) is 5.69 Å². The van der Waals surface area contributed by atoms with Crippen molar-refractivity contribution in [3.63, 3.8) is 0 Å². The van der Waals surface area contributed by atoms with Crippen LogP contribution in [0.2, 0.25) is 0 Å². The largest absolute Gasteiger partial charge is 0.311 e. The predicted molar refractivity (Wildman–Crippen MR) is 84.7 cm³/mol. The van der Waals surface area contributed by atoms with Gasteiger partial charge >= 0.3 is 0 Å². The van der Waals surface area contributed by atoms with E-state index in [1.54, 1.807) is 0 Å². The molecule has 114 valence electrons. The molecule has 0 aliphatic carbocycles. The van der Waals surface area contributed by atoms with Crippen molar-refractivity contribution in [2.75, 3.05) is 6.54 Å². The maximum Gasteiger partial charge on any atom is 0.131 e. The van der Waals surface area contributed by atoms with Gasteiger partial charge in [0.2, 0.25) is 0 Å². The van der Waals surface area contributed by atoms with Crippen LogP contribution in [0.5, 0.6) is 0 Å². The second kappa shape index (κ2) is 6.80. The van der Waals surface area contributed by atoms with Gasteiger partial charge in [0.05, 0.1) is 17.6 Å². The molecule has 0 radical (unpaired) electrons. The van der Waals surface area contributed by atoms with E-state index in [1.165, 1.54) is 0 Å². The summed E-state index contributed by atoms with van der Waals surface area (Å²) < 4.78 is 1.88. The number of aromatic nitrogens is 4. The number of hydrogen-bond donors (Lipinski definition) is 1. The van der Waals surface area contributed by atoms with Crippen LogP contribution in [0.15, 0.2) is 18.5 Å². The first kappa shape index (κ1) is 15.6. The molecule has 0 saturated carbocycles. The van der Waals surface area contributed by atoms with Crippen molar-refractivity contribution in [3.8, 4) is 5.69 Å². The lowest BCUT2D eigenvalue weighted by atomic mass is 10.1. The summed E-state index contributed by atoms with van der Waals surface area (Å²) in [6.45, 7) is 12.2. The highest BCUT2D eigenvalue weighted by Crippen LogP contribution is 2.18. The lowest BCUT2D eigenvalue weighted by molar-refractivity contribution is 0.670. The summed E-state index contributed by atoms with van der Waals surface area (Å²) in [4.78, 5) is 9.18. The molecule has 0 aromatic carbocycles. The zero-order valence-electron chi connectivity index (χ0n) is 13.6. The lowest BCUT2D eigenvalue weighted by Crippen LogP contribution is -2.17. The molecule has 1 N–H and O–H groups in total. The Morgan fingerprint density at radius 3 is 2.52 bits per heavy atom. The number of nitrogens with one attached hydrogen (secondary N) is 1. The zero-order valence-corrected chi connectivity index (χ0v) is 13.6. The SMILES string of the molecule is CCNCc1nc(C(C)C)ncc1-n1ccc(C(C)C)n1. The molecule has 2 rings (SSSR count). The van der Waals surface area contributed by atoms with Gasteiger partial charge in [-0.3, -0.25) is 0 Å². The van der Waals surface area contributed by atoms with Gasteiger partial charge in [-0.25, -0.2) is 14.6 Å². The summed E-state index contributed by atoms with van der Waals surface area (Å²) in [5, 5.41) is 7.97. The average molecular weight is 287 g/mol. The first-order chi connectivity index (χ1) is 10.0. The van der Waals surface area contributed by atoms with E-state index in [-0.39, 0.29) is 0 Å². The molecule has 21 heavy (non-hydrogen) atoms. The zero-order chi connectivity index (χ0) is 15.4. The van der Waals surface area contributed by atoms with Crippen LogP contribution in [0.3, 0.4) is 0 Å². The summed E-state index contributed by atoms with van der Waals surface area (Å²) in [5.74, 6) is 1.62. The van der Waals surface area contributed by atoms with Crippen molar-refractivity contribution >= 4 is 0 Å². The van der Waals surface area contributed by atoms with E-state index in [0.29, 0.717) is 11.8 Å². The summed E-state index contributed by atoms with van der Waals surface area (Å²) in [5.41, 5.74) is 3.03.